The van der Waals surface area contributed by atoms with Crippen molar-refractivity contribution in [3.63, 3.8) is 0 Å². The Bertz CT molecular complexity index is 1290. The van der Waals surface area contributed by atoms with E-state index in [1.165, 1.54) is 11.1 Å². The summed E-state index contributed by atoms with van der Waals surface area (Å²) < 4.78 is 32.9. The largest absolute Gasteiger partial charge is 0.474 e. The molecule has 4 atom stereocenters. The summed E-state index contributed by atoms with van der Waals surface area (Å²) in [7, 11) is 0. The number of aromatic nitrogens is 1. The van der Waals surface area contributed by atoms with Gasteiger partial charge in [0, 0.05) is 62.6 Å². The molecule has 1 aromatic carbocycles. The number of halogens is 4. The first-order valence-corrected chi connectivity index (χ1v) is 13.8. The fraction of sp³-hybridized carbons (Fsp3) is 0.500. The molecule has 7 nitrogen and oxygen atoms in total. The molecule has 11 heteroatoms. The zero-order valence-corrected chi connectivity index (χ0v) is 22.8. The van der Waals surface area contributed by atoms with Gasteiger partial charge in [0.05, 0.1) is 15.6 Å². The molecule has 2 unspecified atom stereocenters. The lowest BCUT2D eigenvalue weighted by Gasteiger charge is -2.33. The number of hydrogen-bond acceptors (Lipinski definition) is 5. The quantitative estimate of drug-likeness (QED) is 0.474. The zero-order chi connectivity index (χ0) is 27.9. The van der Waals surface area contributed by atoms with Crippen molar-refractivity contribution in [3.05, 3.63) is 57.7 Å². The van der Waals surface area contributed by atoms with Crippen molar-refractivity contribution >= 4 is 35.0 Å². The van der Waals surface area contributed by atoms with Gasteiger partial charge >= 0.3 is 0 Å². The van der Waals surface area contributed by atoms with Crippen molar-refractivity contribution in [1.82, 2.24) is 14.8 Å². The van der Waals surface area contributed by atoms with E-state index in [9.17, 15) is 18.4 Å². The highest BCUT2D eigenvalue weighted by molar-refractivity contribution is 6.42. The number of nitriles is 1. The lowest BCUT2D eigenvalue weighted by atomic mass is 9.86. The number of alkyl halides is 2. The lowest BCUT2D eigenvalue weighted by molar-refractivity contribution is -0.141. The maximum absolute atomic E-state index is 13.6. The molecule has 0 N–H and O–H groups in total. The first-order chi connectivity index (χ1) is 18.6. The minimum atomic E-state index is -2.89. The van der Waals surface area contributed by atoms with Crippen LogP contribution in [-0.2, 0) is 9.59 Å². The molecule has 2 aromatic rings. The average molecular weight is 577 g/mol. The predicted octanol–water partition coefficient (Wildman–Crippen LogP) is 5.16. The fourth-order valence-corrected chi connectivity index (χ4v) is 5.99. The first-order valence-electron chi connectivity index (χ1n) is 13.0. The standard InChI is InChI=1S/C28H28Cl2F2N4O3/c1-16(39-25-5-2-17(12-33)13-34-25)20-14-36(15-21(20)19-3-4-23(29)24(30)10-19)26(37)18-6-8-35(9-7-18)27(38)22-11-28(22,31)32/h2-5,10,13,16,18,20-22H,6-9,11,14-15H2,1H3/t16-,20?,21+,22?/m0/s1. The van der Waals surface area contributed by atoms with Crippen molar-refractivity contribution in [3.8, 4) is 11.9 Å². The van der Waals surface area contributed by atoms with Gasteiger partial charge in [-0.1, -0.05) is 29.3 Å². The minimum Gasteiger partial charge on any atom is -0.474 e. The summed E-state index contributed by atoms with van der Waals surface area (Å²) in [6.07, 6.45) is 1.65. The Morgan fingerprint density at radius 3 is 2.41 bits per heavy atom. The Hall–Kier alpha value is -2.96. The second-order valence-corrected chi connectivity index (χ2v) is 11.4. The molecular weight excluding hydrogens is 549 g/mol. The third-order valence-electron chi connectivity index (χ3n) is 8.10. The molecule has 1 aliphatic carbocycles. The molecule has 3 fully saturated rings. The van der Waals surface area contributed by atoms with E-state index in [1.807, 2.05) is 30.0 Å². The lowest BCUT2D eigenvalue weighted by Crippen LogP contribution is -2.45. The van der Waals surface area contributed by atoms with Crippen LogP contribution in [0, 0.1) is 29.1 Å². The number of carbonyl (C=O) groups is 2. The van der Waals surface area contributed by atoms with Crippen molar-refractivity contribution < 1.29 is 23.1 Å². The van der Waals surface area contributed by atoms with Crippen LogP contribution in [-0.4, -0.2) is 64.8 Å². The number of ether oxygens (including phenoxy) is 1. The van der Waals surface area contributed by atoms with Crippen molar-refractivity contribution in [2.75, 3.05) is 26.2 Å². The van der Waals surface area contributed by atoms with Crippen molar-refractivity contribution in [2.45, 2.75) is 44.1 Å². The Kier molecular flexibility index (Phi) is 7.71. The van der Waals surface area contributed by atoms with Gasteiger partial charge in [-0.3, -0.25) is 9.59 Å². The Morgan fingerprint density at radius 2 is 1.82 bits per heavy atom. The number of carbonyl (C=O) groups excluding carboxylic acids is 2. The second kappa shape index (κ2) is 10.9. The van der Waals surface area contributed by atoms with E-state index in [1.54, 1.807) is 18.2 Å². The normalized spacial score (nSPS) is 25.2. The van der Waals surface area contributed by atoms with Crippen LogP contribution in [0.1, 0.15) is 43.2 Å². The van der Waals surface area contributed by atoms with Gasteiger partial charge in [0.15, 0.2) is 0 Å². The van der Waals surface area contributed by atoms with Crippen molar-refractivity contribution in [2.24, 2.45) is 17.8 Å². The van der Waals surface area contributed by atoms with Crippen molar-refractivity contribution in [1.29, 1.82) is 5.26 Å². The maximum atomic E-state index is 13.6. The molecule has 39 heavy (non-hydrogen) atoms. The van der Waals surface area contributed by atoms with E-state index in [0.717, 1.165) is 5.56 Å². The molecule has 3 heterocycles. The van der Waals surface area contributed by atoms with E-state index in [2.05, 4.69) is 4.98 Å². The molecule has 2 amide bonds. The Morgan fingerprint density at radius 1 is 1.10 bits per heavy atom. The minimum absolute atomic E-state index is 0.00453. The number of pyridine rings is 1. The third-order valence-corrected chi connectivity index (χ3v) is 8.84. The summed E-state index contributed by atoms with van der Waals surface area (Å²) in [4.78, 5) is 33.5. The summed E-state index contributed by atoms with van der Waals surface area (Å²) in [5, 5.41) is 9.90. The summed E-state index contributed by atoms with van der Waals surface area (Å²) in [6, 6.07) is 10.8. The Labute approximate surface area is 235 Å². The molecular formula is C28H28Cl2F2N4O3. The molecule has 1 aromatic heterocycles. The van der Waals surface area contributed by atoms with E-state index >= 15 is 0 Å². The molecule has 206 valence electrons. The zero-order valence-electron chi connectivity index (χ0n) is 21.3. The van der Waals surface area contributed by atoms with Gasteiger partial charge in [-0.2, -0.15) is 5.26 Å². The first kappa shape index (κ1) is 27.6. The summed E-state index contributed by atoms with van der Waals surface area (Å²) in [5.41, 5.74) is 1.37. The summed E-state index contributed by atoms with van der Waals surface area (Å²) >= 11 is 12.5. The molecule has 0 bridgehead atoms. The van der Waals surface area contributed by atoms with Gasteiger partial charge in [-0.15, -0.1) is 0 Å². The Balaban J connectivity index is 1.28. The molecule has 1 saturated carbocycles. The van der Waals surface area contributed by atoms with E-state index in [4.69, 9.17) is 33.2 Å². The highest BCUT2D eigenvalue weighted by atomic mass is 35.5. The predicted molar refractivity (Wildman–Crippen MR) is 141 cm³/mol. The summed E-state index contributed by atoms with van der Waals surface area (Å²) in [6.45, 7) is 3.46. The van der Waals surface area contributed by atoms with Gasteiger partial charge < -0.3 is 14.5 Å². The van der Waals surface area contributed by atoms with Crippen LogP contribution in [0.15, 0.2) is 36.5 Å². The molecule has 2 aliphatic heterocycles. The van der Waals surface area contributed by atoms with Gasteiger partial charge in [-0.05, 0) is 43.5 Å². The SMILES string of the molecule is C[C@H](Oc1ccc(C#N)cn1)C1CN(C(=O)C2CCN(C(=O)C3CC3(F)F)CC2)C[C@@H]1c1ccc(Cl)c(Cl)c1. The number of hydrogen-bond donors (Lipinski definition) is 0. The van der Waals surface area contributed by atoms with E-state index in [-0.39, 0.29) is 36.2 Å². The number of benzene rings is 1. The molecule has 0 spiro atoms. The van der Waals surface area contributed by atoms with Crippen LogP contribution in [0.25, 0.3) is 0 Å². The third kappa shape index (κ3) is 5.82. The fourth-order valence-electron chi connectivity index (χ4n) is 5.68. The number of likely N-dealkylation sites (tertiary alicyclic amines) is 2. The molecule has 3 aliphatic rings. The maximum Gasteiger partial charge on any atom is 0.260 e. The van der Waals surface area contributed by atoms with Crippen LogP contribution >= 0.6 is 23.2 Å². The van der Waals surface area contributed by atoms with E-state index < -0.39 is 17.7 Å². The topological polar surface area (TPSA) is 86.5 Å². The smallest absolute Gasteiger partial charge is 0.260 e. The molecule has 5 rings (SSSR count). The van der Waals surface area contributed by atoms with Gasteiger partial charge in [0.25, 0.3) is 5.92 Å². The highest BCUT2D eigenvalue weighted by Gasteiger charge is 2.62. The van der Waals surface area contributed by atoms with Crippen LogP contribution in [0.5, 0.6) is 5.88 Å². The highest BCUT2D eigenvalue weighted by Crippen LogP contribution is 2.50. The van der Waals surface area contributed by atoms with Crippen LogP contribution in [0.3, 0.4) is 0 Å². The number of nitrogens with zero attached hydrogens (tertiary/aromatic N) is 4. The van der Waals surface area contributed by atoms with Crippen LogP contribution in [0.4, 0.5) is 8.78 Å². The summed E-state index contributed by atoms with van der Waals surface area (Å²) in [5.74, 6) is -4.65. The molecule has 2 saturated heterocycles. The monoisotopic (exact) mass is 576 g/mol. The second-order valence-electron chi connectivity index (χ2n) is 10.6. The number of piperidine rings is 1. The van der Waals surface area contributed by atoms with Crippen LogP contribution < -0.4 is 4.74 Å². The van der Waals surface area contributed by atoms with Crippen LogP contribution in [0.2, 0.25) is 10.0 Å². The van der Waals surface area contributed by atoms with E-state index in [0.29, 0.717) is 60.5 Å². The average Bonchev–Trinajstić information content (AvgIpc) is 3.35. The van der Waals surface area contributed by atoms with Gasteiger partial charge in [0.2, 0.25) is 17.7 Å². The van der Waals surface area contributed by atoms with Gasteiger partial charge in [0.1, 0.15) is 18.1 Å². The molecule has 0 radical (unpaired) electrons. The number of rotatable bonds is 6. The number of amides is 2. The van der Waals surface area contributed by atoms with Gasteiger partial charge in [-0.25, -0.2) is 13.8 Å².